The van der Waals surface area contributed by atoms with E-state index in [-0.39, 0.29) is 18.3 Å². The van der Waals surface area contributed by atoms with Gasteiger partial charge in [0.05, 0.1) is 0 Å². The molecule has 0 aliphatic heterocycles. The first kappa shape index (κ1) is 15.0. The van der Waals surface area contributed by atoms with E-state index in [1.54, 1.807) is 6.07 Å². The molecule has 2 aromatic carbocycles. The summed E-state index contributed by atoms with van der Waals surface area (Å²) in [5.74, 6) is 0.480. The molecule has 0 aromatic heterocycles. The number of benzene rings is 2. The zero-order chi connectivity index (χ0) is 15.6. The van der Waals surface area contributed by atoms with Crippen LogP contribution in [0, 0.1) is 11.7 Å². The summed E-state index contributed by atoms with van der Waals surface area (Å²) >= 11 is 0. The van der Waals surface area contributed by atoms with Crippen molar-refractivity contribution in [2.45, 2.75) is 25.0 Å². The normalized spacial score (nSPS) is 23.3. The summed E-state index contributed by atoms with van der Waals surface area (Å²) in [7, 11) is 0. The number of hydrogen-bond acceptors (Lipinski definition) is 3. The van der Waals surface area contributed by atoms with Crippen LogP contribution >= 0.6 is 0 Å². The van der Waals surface area contributed by atoms with Crippen molar-refractivity contribution in [2.24, 2.45) is 11.7 Å². The Kier molecular flexibility index (Phi) is 4.14. The molecule has 3 N–H and O–H groups in total. The van der Waals surface area contributed by atoms with Crippen LogP contribution in [-0.2, 0) is 12.1 Å². The van der Waals surface area contributed by atoms with Crippen LogP contribution in [0.4, 0.5) is 4.39 Å². The highest BCUT2D eigenvalue weighted by molar-refractivity contribution is 5.44. The molecule has 3 nitrogen and oxygen atoms in total. The predicted molar refractivity (Wildman–Crippen MR) is 82.8 cm³/mol. The molecule has 2 unspecified atom stereocenters. The highest BCUT2D eigenvalue weighted by Gasteiger charge is 2.53. The van der Waals surface area contributed by atoms with Gasteiger partial charge in [0.25, 0.3) is 0 Å². The molecule has 22 heavy (non-hydrogen) atoms. The minimum atomic E-state index is -0.586. The third kappa shape index (κ3) is 2.98. The highest BCUT2D eigenvalue weighted by atomic mass is 19.1. The van der Waals surface area contributed by atoms with Crippen LogP contribution in [0.25, 0.3) is 0 Å². The molecule has 1 saturated carbocycles. The van der Waals surface area contributed by atoms with Gasteiger partial charge in [0, 0.05) is 17.7 Å². The smallest absolute Gasteiger partial charge is 0.125 e. The van der Waals surface area contributed by atoms with E-state index in [1.165, 1.54) is 12.1 Å². The molecular formula is C18H20FNO2. The van der Waals surface area contributed by atoms with E-state index < -0.39 is 5.54 Å². The van der Waals surface area contributed by atoms with Crippen molar-refractivity contribution < 1.29 is 14.2 Å². The topological polar surface area (TPSA) is 55.5 Å². The molecule has 3 rings (SSSR count). The Morgan fingerprint density at radius 3 is 2.73 bits per heavy atom. The van der Waals surface area contributed by atoms with Crippen LogP contribution in [-0.4, -0.2) is 11.7 Å². The monoisotopic (exact) mass is 301 g/mol. The molecular weight excluding hydrogens is 281 g/mol. The maximum atomic E-state index is 13.6. The summed E-state index contributed by atoms with van der Waals surface area (Å²) in [5, 5.41) is 9.07. The van der Waals surface area contributed by atoms with Crippen LogP contribution in [0.2, 0.25) is 0 Å². The Bertz CT molecular complexity index is 647. The molecule has 0 saturated heterocycles. The Labute approximate surface area is 129 Å². The number of rotatable bonds is 6. The van der Waals surface area contributed by atoms with Crippen LogP contribution < -0.4 is 10.5 Å². The second kappa shape index (κ2) is 6.07. The Morgan fingerprint density at radius 1 is 1.23 bits per heavy atom. The van der Waals surface area contributed by atoms with Crippen LogP contribution in [0.1, 0.15) is 24.0 Å². The number of nitrogens with two attached hydrogens (primary N) is 1. The lowest BCUT2D eigenvalue weighted by Gasteiger charge is -2.18. The maximum Gasteiger partial charge on any atom is 0.125 e. The van der Waals surface area contributed by atoms with Crippen molar-refractivity contribution in [2.75, 3.05) is 6.61 Å². The molecule has 2 aromatic rings. The van der Waals surface area contributed by atoms with Crippen molar-refractivity contribution in [3.63, 3.8) is 0 Å². The molecule has 116 valence electrons. The van der Waals surface area contributed by atoms with Gasteiger partial charge in [-0.15, -0.1) is 0 Å². The van der Waals surface area contributed by atoms with E-state index in [2.05, 4.69) is 0 Å². The molecule has 2 atom stereocenters. The Hall–Kier alpha value is -1.91. The largest absolute Gasteiger partial charge is 0.489 e. The van der Waals surface area contributed by atoms with Crippen LogP contribution in [0.3, 0.4) is 0 Å². The predicted octanol–water partition coefficient (Wildman–Crippen LogP) is 2.96. The van der Waals surface area contributed by atoms with Crippen LogP contribution in [0.15, 0.2) is 48.5 Å². The standard InChI is InChI=1S/C18H20FNO2/c19-15-6-7-17(22-12-13-4-2-1-3-5-13)16(10-15)18(20)11-14(18)8-9-21/h1-7,10,14,21H,8-9,11-12,20H2. The van der Waals surface area contributed by atoms with E-state index in [0.29, 0.717) is 24.3 Å². The van der Waals surface area contributed by atoms with E-state index in [4.69, 9.17) is 15.6 Å². The van der Waals surface area contributed by atoms with Gasteiger partial charge in [0.2, 0.25) is 0 Å². The number of ether oxygens (including phenoxy) is 1. The number of aliphatic hydroxyl groups is 1. The molecule has 0 spiro atoms. The van der Waals surface area contributed by atoms with Gasteiger partial charge >= 0.3 is 0 Å². The van der Waals surface area contributed by atoms with Gasteiger partial charge in [-0.1, -0.05) is 30.3 Å². The first-order chi connectivity index (χ1) is 10.6. The van der Waals surface area contributed by atoms with Crippen LogP contribution in [0.5, 0.6) is 5.75 Å². The summed E-state index contributed by atoms with van der Waals surface area (Å²) in [6.45, 7) is 0.513. The number of hydrogen-bond donors (Lipinski definition) is 2. The summed E-state index contributed by atoms with van der Waals surface area (Å²) < 4.78 is 19.5. The molecule has 0 radical (unpaired) electrons. The lowest BCUT2D eigenvalue weighted by molar-refractivity contribution is 0.272. The van der Waals surface area contributed by atoms with Gasteiger partial charge in [-0.3, -0.25) is 0 Å². The van der Waals surface area contributed by atoms with E-state index in [0.717, 1.165) is 12.0 Å². The summed E-state index contributed by atoms with van der Waals surface area (Å²) in [6.07, 6.45) is 1.38. The molecule has 4 heteroatoms. The van der Waals surface area contributed by atoms with Crippen molar-refractivity contribution in [3.05, 3.63) is 65.5 Å². The minimum absolute atomic E-state index is 0.0964. The Morgan fingerprint density at radius 2 is 2.00 bits per heavy atom. The van der Waals surface area contributed by atoms with Gasteiger partial charge < -0.3 is 15.6 Å². The van der Waals surface area contributed by atoms with E-state index in [9.17, 15) is 4.39 Å². The van der Waals surface area contributed by atoms with Crippen molar-refractivity contribution in [1.82, 2.24) is 0 Å². The lowest BCUT2D eigenvalue weighted by Crippen LogP contribution is -2.24. The summed E-state index contributed by atoms with van der Waals surface area (Å²) in [6, 6.07) is 14.3. The first-order valence-electron chi connectivity index (χ1n) is 7.50. The van der Waals surface area contributed by atoms with Gasteiger partial charge in [-0.25, -0.2) is 4.39 Å². The zero-order valence-corrected chi connectivity index (χ0v) is 12.3. The fraction of sp³-hybridized carbons (Fsp3) is 0.333. The molecule has 1 aliphatic carbocycles. The quantitative estimate of drug-likeness (QED) is 0.862. The number of halogens is 1. The van der Waals surface area contributed by atoms with E-state index in [1.807, 2.05) is 30.3 Å². The first-order valence-corrected chi connectivity index (χ1v) is 7.50. The minimum Gasteiger partial charge on any atom is -0.489 e. The maximum absolute atomic E-state index is 13.6. The number of aliphatic hydroxyl groups excluding tert-OH is 1. The van der Waals surface area contributed by atoms with Gasteiger partial charge in [-0.05, 0) is 42.5 Å². The van der Waals surface area contributed by atoms with Gasteiger partial charge in [0.15, 0.2) is 0 Å². The Balaban J connectivity index is 1.80. The molecule has 0 amide bonds. The fourth-order valence-corrected chi connectivity index (χ4v) is 2.92. The second-order valence-electron chi connectivity index (χ2n) is 5.87. The molecule has 1 aliphatic rings. The molecule has 0 bridgehead atoms. The summed E-state index contributed by atoms with van der Waals surface area (Å²) in [4.78, 5) is 0. The molecule has 1 fully saturated rings. The van der Waals surface area contributed by atoms with Gasteiger partial charge in [0.1, 0.15) is 18.2 Å². The summed E-state index contributed by atoms with van der Waals surface area (Å²) in [5.41, 5.74) is 7.54. The van der Waals surface area contributed by atoms with Crippen molar-refractivity contribution in [1.29, 1.82) is 0 Å². The average molecular weight is 301 g/mol. The van der Waals surface area contributed by atoms with E-state index >= 15 is 0 Å². The SMILES string of the molecule is NC1(c2cc(F)ccc2OCc2ccccc2)CC1CCO. The zero-order valence-electron chi connectivity index (χ0n) is 12.3. The third-order valence-corrected chi connectivity index (χ3v) is 4.31. The highest BCUT2D eigenvalue weighted by Crippen LogP contribution is 2.54. The van der Waals surface area contributed by atoms with Gasteiger partial charge in [-0.2, -0.15) is 0 Å². The van der Waals surface area contributed by atoms with Crippen molar-refractivity contribution >= 4 is 0 Å². The fourth-order valence-electron chi connectivity index (χ4n) is 2.92. The third-order valence-electron chi connectivity index (χ3n) is 4.31. The molecule has 0 heterocycles. The second-order valence-corrected chi connectivity index (χ2v) is 5.87. The van der Waals surface area contributed by atoms with Crippen molar-refractivity contribution in [3.8, 4) is 5.75 Å². The lowest BCUT2D eigenvalue weighted by atomic mass is 10.0. The average Bonchev–Trinajstić information content (AvgIpc) is 3.19.